The number of rotatable bonds is 12. The molecule has 0 bridgehead atoms. The molecule has 0 aromatic heterocycles. The maximum Gasteiger partial charge on any atom is 0.335 e. The molecular formula is C24H26N4O7. The number of aliphatic carboxylic acids is 1. The summed E-state index contributed by atoms with van der Waals surface area (Å²) >= 11 is 0. The van der Waals surface area contributed by atoms with Crippen LogP contribution in [0.4, 0.5) is 0 Å². The van der Waals surface area contributed by atoms with Gasteiger partial charge in [0.2, 0.25) is 0 Å². The summed E-state index contributed by atoms with van der Waals surface area (Å²) in [4.78, 5) is 27.0. The summed E-state index contributed by atoms with van der Waals surface area (Å²) in [5.41, 5.74) is 10.4. The summed E-state index contributed by atoms with van der Waals surface area (Å²) in [6, 6.07) is 18.8. The number of carbonyl (C=O) groups is 2. The number of hydrogen-bond acceptors (Lipinski definition) is 7. The van der Waals surface area contributed by atoms with Crippen LogP contribution in [0.1, 0.15) is 11.1 Å². The standard InChI is InChI=1S/C24H26N4O7/c25-28-27-12-18-19(32-13-15-7-3-1-4-8-15)21(34-18)23(29)26-11-17-20(22(35-17)24(30)31)33-14-16-9-5-2-6-10-16/h1-10,17-22H,11-14H2,(H,26,29)(H,30,31)/t17-,18-,19-,20-,21-,22-/m0/s1. The fraction of sp³-hybridized carbons (Fsp3) is 0.417. The number of carboxylic acid groups (broad SMARTS) is 1. The van der Waals surface area contributed by atoms with Crippen LogP contribution in [0.5, 0.6) is 0 Å². The van der Waals surface area contributed by atoms with Crippen molar-refractivity contribution in [3.8, 4) is 0 Å². The summed E-state index contributed by atoms with van der Waals surface area (Å²) in [6.45, 7) is 0.591. The largest absolute Gasteiger partial charge is 0.479 e. The number of hydrogen-bond donors (Lipinski definition) is 2. The smallest absolute Gasteiger partial charge is 0.335 e. The second-order valence-corrected chi connectivity index (χ2v) is 8.21. The van der Waals surface area contributed by atoms with E-state index in [2.05, 4.69) is 15.3 Å². The third kappa shape index (κ3) is 6.16. The fourth-order valence-electron chi connectivity index (χ4n) is 3.96. The van der Waals surface area contributed by atoms with Gasteiger partial charge in [0.15, 0.2) is 12.2 Å². The third-order valence-corrected chi connectivity index (χ3v) is 5.85. The first kappa shape index (κ1) is 24.6. The van der Waals surface area contributed by atoms with Crippen LogP contribution in [0.2, 0.25) is 0 Å². The molecule has 11 heteroatoms. The number of carbonyl (C=O) groups excluding carboxylic acids is 1. The van der Waals surface area contributed by atoms with Gasteiger partial charge in [-0.1, -0.05) is 65.8 Å². The molecule has 0 spiro atoms. The van der Waals surface area contributed by atoms with E-state index >= 15 is 0 Å². The van der Waals surface area contributed by atoms with Gasteiger partial charge in [0.05, 0.1) is 25.9 Å². The first-order valence-electron chi connectivity index (χ1n) is 11.2. The fourth-order valence-corrected chi connectivity index (χ4v) is 3.96. The molecule has 2 fully saturated rings. The molecule has 0 aliphatic carbocycles. The Kier molecular flexibility index (Phi) is 8.30. The van der Waals surface area contributed by atoms with Gasteiger partial charge in [0.25, 0.3) is 5.91 Å². The highest BCUT2D eigenvalue weighted by Crippen LogP contribution is 2.28. The molecule has 11 nitrogen and oxygen atoms in total. The minimum Gasteiger partial charge on any atom is -0.479 e. The van der Waals surface area contributed by atoms with Crippen LogP contribution in [0.15, 0.2) is 65.8 Å². The van der Waals surface area contributed by atoms with Crippen LogP contribution in [-0.4, -0.2) is 66.7 Å². The Morgan fingerprint density at radius 1 is 0.914 bits per heavy atom. The van der Waals surface area contributed by atoms with Gasteiger partial charge in [-0.2, -0.15) is 0 Å². The van der Waals surface area contributed by atoms with Crippen LogP contribution in [0.3, 0.4) is 0 Å². The highest BCUT2D eigenvalue weighted by Gasteiger charge is 2.50. The number of benzene rings is 2. The number of nitrogens with one attached hydrogen (secondary N) is 1. The van der Waals surface area contributed by atoms with Crippen molar-refractivity contribution >= 4 is 11.9 Å². The topological polar surface area (TPSA) is 152 Å². The average Bonchev–Trinajstić information content (AvgIpc) is 2.84. The Balaban J connectivity index is 1.30. The Hall–Kier alpha value is -3.47. The summed E-state index contributed by atoms with van der Waals surface area (Å²) in [5, 5.41) is 15.6. The molecule has 35 heavy (non-hydrogen) atoms. The predicted octanol–water partition coefficient (Wildman–Crippen LogP) is 2.20. The summed E-state index contributed by atoms with van der Waals surface area (Å²) < 4.78 is 22.7. The molecule has 1 amide bonds. The number of ether oxygens (including phenoxy) is 4. The Labute approximate surface area is 201 Å². The summed E-state index contributed by atoms with van der Waals surface area (Å²) in [5.74, 6) is -1.55. The molecule has 2 heterocycles. The number of carboxylic acids is 1. The first-order chi connectivity index (χ1) is 17.1. The van der Waals surface area contributed by atoms with Crippen LogP contribution in [-0.2, 0) is 41.8 Å². The molecule has 2 saturated heterocycles. The molecule has 2 aliphatic heterocycles. The molecule has 0 unspecified atom stereocenters. The quantitative estimate of drug-likeness (QED) is 0.267. The van der Waals surface area contributed by atoms with Gasteiger partial charge < -0.3 is 29.4 Å². The molecule has 184 valence electrons. The highest BCUT2D eigenvalue weighted by molar-refractivity contribution is 5.82. The normalized spacial score (nSPS) is 27.1. The predicted molar refractivity (Wildman–Crippen MR) is 122 cm³/mol. The van der Waals surface area contributed by atoms with Crippen molar-refractivity contribution in [1.29, 1.82) is 0 Å². The van der Waals surface area contributed by atoms with E-state index in [1.165, 1.54) is 0 Å². The van der Waals surface area contributed by atoms with Gasteiger partial charge in [0, 0.05) is 11.5 Å². The van der Waals surface area contributed by atoms with Gasteiger partial charge in [-0.15, -0.1) is 0 Å². The van der Waals surface area contributed by atoms with Crippen LogP contribution < -0.4 is 5.32 Å². The van der Waals surface area contributed by atoms with E-state index in [-0.39, 0.29) is 26.3 Å². The van der Waals surface area contributed by atoms with E-state index in [1.807, 2.05) is 60.7 Å². The van der Waals surface area contributed by atoms with Gasteiger partial charge in [-0.05, 0) is 16.7 Å². The van der Waals surface area contributed by atoms with Crippen molar-refractivity contribution in [2.24, 2.45) is 5.11 Å². The first-order valence-corrected chi connectivity index (χ1v) is 11.2. The molecule has 2 aliphatic rings. The second kappa shape index (κ2) is 11.8. The minimum atomic E-state index is -1.12. The SMILES string of the molecule is [N-]=[N+]=NC[C@@H]1O[C@H](C(=O)NC[C@@H]2O[C@H](C(=O)O)[C@H]2OCc2ccccc2)[C@H]1OCc1ccccc1. The summed E-state index contributed by atoms with van der Waals surface area (Å²) in [7, 11) is 0. The van der Waals surface area contributed by atoms with Crippen LogP contribution in [0.25, 0.3) is 10.4 Å². The van der Waals surface area contributed by atoms with Crippen molar-refractivity contribution < 1.29 is 33.6 Å². The Morgan fingerprint density at radius 3 is 2.00 bits per heavy atom. The molecule has 2 N–H and O–H groups in total. The lowest BCUT2D eigenvalue weighted by Gasteiger charge is -2.44. The van der Waals surface area contributed by atoms with Crippen LogP contribution in [0, 0.1) is 0 Å². The zero-order chi connectivity index (χ0) is 24.6. The molecular weight excluding hydrogens is 456 g/mol. The zero-order valence-electron chi connectivity index (χ0n) is 18.8. The van der Waals surface area contributed by atoms with Crippen LogP contribution >= 0.6 is 0 Å². The zero-order valence-corrected chi connectivity index (χ0v) is 18.8. The Bertz CT molecular complexity index is 1050. The van der Waals surface area contributed by atoms with Gasteiger partial charge in [-0.3, -0.25) is 4.79 Å². The lowest BCUT2D eigenvalue weighted by Crippen LogP contribution is -2.65. The van der Waals surface area contributed by atoms with Crippen molar-refractivity contribution in [2.75, 3.05) is 13.1 Å². The number of nitrogens with zero attached hydrogens (tertiary/aromatic N) is 3. The van der Waals surface area contributed by atoms with Gasteiger partial charge >= 0.3 is 5.97 Å². The van der Waals surface area contributed by atoms with Crippen molar-refractivity contribution in [3.63, 3.8) is 0 Å². The van der Waals surface area contributed by atoms with E-state index in [9.17, 15) is 14.7 Å². The van der Waals surface area contributed by atoms with E-state index < -0.39 is 48.5 Å². The average molecular weight is 482 g/mol. The number of azide groups is 1. The van der Waals surface area contributed by atoms with E-state index in [0.717, 1.165) is 11.1 Å². The molecule has 0 radical (unpaired) electrons. The maximum absolute atomic E-state index is 12.8. The van der Waals surface area contributed by atoms with Crippen molar-refractivity contribution in [2.45, 2.75) is 49.8 Å². The van der Waals surface area contributed by atoms with Crippen molar-refractivity contribution in [3.05, 3.63) is 82.2 Å². The minimum absolute atomic E-state index is 0.0428. The molecule has 4 rings (SSSR count). The monoisotopic (exact) mass is 482 g/mol. The maximum atomic E-state index is 12.8. The molecule has 2 aromatic rings. The molecule has 2 aromatic carbocycles. The lowest BCUT2D eigenvalue weighted by molar-refractivity contribution is -0.248. The third-order valence-electron chi connectivity index (χ3n) is 5.85. The van der Waals surface area contributed by atoms with E-state index in [1.54, 1.807) is 0 Å². The second-order valence-electron chi connectivity index (χ2n) is 8.21. The molecule has 6 atom stereocenters. The van der Waals surface area contributed by atoms with Crippen molar-refractivity contribution in [1.82, 2.24) is 5.32 Å². The number of amides is 1. The summed E-state index contributed by atoms with van der Waals surface area (Å²) in [6.07, 6.45) is -4.46. The van der Waals surface area contributed by atoms with E-state index in [4.69, 9.17) is 24.5 Å². The lowest BCUT2D eigenvalue weighted by atomic mass is 9.98. The van der Waals surface area contributed by atoms with Gasteiger partial charge in [-0.25, -0.2) is 4.79 Å². The molecule has 0 saturated carbocycles. The highest BCUT2D eigenvalue weighted by atomic mass is 16.6. The van der Waals surface area contributed by atoms with E-state index in [0.29, 0.717) is 0 Å². The van der Waals surface area contributed by atoms with Gasteiger partial charge in [0.1, 0.15) is 18.3 Å². The Morgan fingerprint density at radius 2 is 1.46 bits per heavy atom.